The molecule has 0 bridgehead atoms. The monoisotopic (exact) mass is 350 g/mol. The first kappa shape index (κ1) is 15.6. The van der Waals surface area contributed by atoms with Crippen molar-refractivity contribution in [3.05, 3.63) is 40.5 Å². The van der Waals surface area contributed by atoms with Crippen molar-refractivity contribution in [1.29, 1.82) is 0 Å². The van der Waals surface area contributed by atoms with Gasteiger partial charge in [0.2, 0.25) is 0 Å². The molecule has 0 spiro atoms. The van der Waals surface area contributed by atoms with Crippen molar-refractivity contribution in [3.8, 4) is 11.5 Å². The Morgan fingerprint density at radius 2 is 1.90 bits per heavy atom. The number of anilines is 2. The number of halogens is 1. The number of aryl methyl sites for hydroxylation is 1. The van der Waals surface area contributed by atoms with Crippen molar-refractivity contribution < 1.29 is 9.47 Å². The van der Waals surface area contributed by atoms with Crippen LogP contribution in [0.25, 0.3) is 0 Å². The zero-order valence-corrected chi connectivity index (χ0v) is 14.0. The van der Waals surface area contributed by atoms with Crippen LogP contribution in [-0.4, -0.2) is 18.2 Å². The highest BCUT2D eigenvalue weighted by atomic mass is 79.9. The summed E-state index contributed by atoms with van der Waals surface area (Å²) in [5, 5.41) is 3.31. The summed E-state index contributed by atoms with van der Waals surface area (Å²) in [6, 6.07) is 7.76. The normalized spacial score (nSPS) is 10.3. The smallest absolute Gasteiger partial charge is 0.143 e. The molecule has 0 saturated carbocycles. The molecule has 112 valence electrons. The molecule has 0 radical (unpaired) electrons. The van der Waals surface area contributed by atoms with Crippen LogP contribution >= 0.6 is 15.9 Å². The van der Waals surface area contributed by atoms with E-state index in [1.54, 1.807) is 6.20 Å². The van der Waals surface area contributed by atoms with Gasteiger partial charge in [0, 0.05) is 16.7 Å². The van der Waals surface area contributed by atoms with Crippen molar-refractivity contribution in [2.75, 3.05) is 18.5 Å². The average Bonchev–Trinajstić information content (AvgIpc) is 2.45. The topological polar surface area (TPSA) is 43.4 Å². The van der Waals surface area contributed by atoms with Crippen LogP contribution in [0.15, 0.2) is 34.9 Å². The fourth-order valence-corrected chi connectivity index (χ4v) is 2.39. The Hall–Kier alpha value is -1.75. The first-order chi connectivity index (χ1) is 10.1. The second-order valence-electron chi connectivity index (χ2n) is 4.47. The van der Waals surface area contributed by atoms with Crippen LogP contribution in [-0.2, 0) is 0 Å². The Morgan fingerprint density at radius 3 is 2.57 bits per heavy atom. The standard InChI is InChI=1S/C16H19BrN2O2/c1-4-20-13-6-7-15(21-5-2)14(9-13)19-16-11(3)8-12(17)10-18-16/h6-10H,4-5H2,1-3H3,(H,18,19). The van der Waals surface area contributed by atoms with Crippen molar-refractivity contribution in [2.24, 2.45) is 0 Å². The second kappa shape index (κ2) is 7.31. The van der Waals surface area contributed by atoms with Crippen LogP contribution in [0.1, 0.15) is 19.4 Å². The molecule has 2 aromatic rings. The lowest BCUT2D eigenvalue weighted by Crippen LogP contribution is -2.01. The van der Waals surface area contributed by atoms with Gasteiger partial charge >= 0.3 is 0 Å². The van der Waals surface area contributed by atoms with Crippen LogP contribution in [0.5, 0.6) is 11.5 Å². The molecule has 0 atom stereocenters. The maximum absolute atomic E-state index is 5.65. The molecule has 5 heteroatoms. The molecule has 0 saturated heterocycles. The van der Waals surface area contributed by atoms with E-state index in [0.29, 0.717) is 13.2 Å². The van der Waals surface area contributed by atoms with Crippen molar-refractivity contribution in [1.82, 2.24) is 4.98 Å². The van der Waals surface area contributed by atoms with Crippen molar-refractivity contribution in [3.63, 3.8) is 0 Å². The average molecular weight is 351 g/mol. The molecule has 0 aliphatic rings. The summed E-state index contributed by atoms with van der Waals surface area (Å²) in [5.74, 6) is 2.39. The Bertz CT molecular complexity index is 617. The van der Waals surface area contributed by atoms with E-state index in [4.69, 9.17) is 9.47 Å². The van der Waals surface area contributed by atoms with Crippen LogP contribution in [0.2, 0.25) is 0 Å². The predicted octanol–water partition coefficient (Wildman–Crippen LogP) is 4.69. The lowest BCUT2D eigenvalue weighted by atomic mass is 10.2. The van der Waals surface area contributed by atoms with Gasteiger partial charge in [0.05, 0.1) is 18.9 Å². The SMILES string of the molecule is CCOc1ccc(OCC)c(Nc2ncc(Br)cc2C)c1. The molecule has 0 fully saturated rings. The van der Waals surface area contributed by atoms with E-state index in [0.717, 1.165) is 33.0 Å². The summed E-state index contributed by atoms with van der Waals surface area (Å²) in [7, 11) is 0. The van der Waals surface area contributed by atoms with Gasteiger partial charge in [0.1, 0.15) is 17.3 Å². The number of hydrogen-bond donors (Lipinski definition) is 1. The number of nitrogens with zero attached hydrogens (tertiary/aromatic N) is 1. The van der Waals surface area contributed by atoms with Gasteiger partial charge in [-0.3, -0.25) is 0 Å². The molecule has 1 heterocycles. The van der Waals surface area contributed by atoms with E-state index >= 15 is 0 Å². The summed E-state index contributed by atoms with van der Waals surface area (Å²) in [6.07, 6.45) is 1.77. The van der Waals surface area contributed by atoms with E-state index in [9.17, 15) is 0 Å². The van der Waals surface area contributed by atoms with Crippen LogP contribution in [0.3, 0.4) is 0 Å². The Balaban J connectivity index is 2.33. The number of aromatic nitrogens is 1. The summed E-state index contributed by atoms with van der Waals surface area (Å²) < 4.78 is 12.2. The third-order valence-electron chi connectivity index (χ3n) is 2.86. The van der Waals surface area contributed by atoms with E-state index in [1.165, 1.54) is 0 Å². The molecule has 1 N–H and O–H groups in total. The first-order valence-electron chi connectivity index (χ1n) is 6.92. The van der Waals surface area contributed by atoms with Gasteiger partial charge in [-0.2, -0.15) is 0 Å². The van der Waals surface area contributed by atoms with Gasteiger partial charge < -0.3 is 14.8 Å². The van der Waals surface area contributed by atoms with Crippen LogP contribution < -0.4 is 14.8 Å². The molecule has 1 aromatic heterocycles. The minimum Gasteiger partial charge on any atom is -0.494 e. The largest absolute Gasteiger partial charge is 0.494 e. The molecule has 2 rings (SSSR count). The first-order valence-corrected chi connectivity index (χ1v) is 7.72. The number of nitrogens with one attached hydrogen (secondary N) is 1. The molecular weight excluding hydrogens is 332 g/mol. The van der Waals surface area contributed by atoms with Gasteiger partial charge in [-0.25, -0.2) is 4.98 Å². The van der Waals surface area contributed by atoms with Crippen molar-refractivity contribution in [2.45, 2.75) is 20.8 Å². The zero-order chi connectivity index (χ0) is 15.2. The maximum Gasteiger partial charge on any atom is 0.143 e. The molecule has 0 aliphatic heterocycles. The van der Waals surface area contributed by atoms with E-state index in [2.05, 4.69) is 26.2 Å². The molecule has 4 nitrogen and oxygen atoms in total. The van der Waals surface area contributed by atoms with Crippen LogP contribution in [0, 0.1) is 6.92 Å². The summed E-state index contributed by atoms with van der Waals surface area (Å²) in [6.45, 7) is 7.17. The highest BCUT2D eigenvalue weighted by molar-refractivity contribution is 9.10. The van der Waals surface area contributed by atoms with Gasteiger partial charge in [-0.1, -0.05) is 0 Å². The Morgan fingerprint density at radius 1 is 1.14 bits per heavy atom. The Labute approximate surface area is 133 Å². The predicted molar refractivity (Wildman–Crippen MR) is 88.7 cm³/mol. The highest BCUT2D eigenvalue weighted by Gasteiger charge is 2.09. The molecule has 21 heavy (non-hydrogen) atoms. The number of benzene rings is 1. The van der Waals surface area contributed by atoms with Crippen molar-refractivity contribution >= 4 is 27.4 Å². The second-order valence-corrected chi connectivity index (χ2v) is 5.38. The van der Waals surface area contributed by atoms with Gasteiger partial charge in [0.25, 0.3) is 0 Å². The summed E-state index contributed by atoms with van der Waals surface area (Å²) in [5.41, 5.74) is 1.90. The lowest BCUT2D eigenvalue weighted by molar-refractivity contribution is 0.332. The number of ether oxygens (including phenoxy) is 2. The molecule has 0 aliphatic carbocycles. The molecule has 1 aromatic carbocycles. The fourth-order valence-electron chi connectivity index (χ4n) is 1.94. The number of pyridine rings is 1. The van der Waals surface area contributed by atoms with Gasteiger partial charge in [0.15, 0.2) is 0 Å². The fraction of sp³-hybridized carbons (Fsp3) is 0.312. The third-order valence-corrected chi connectivity index (χ3v) is 3.29. The number of hydrogen-bond acceptors (Lipinski definition) is 4. The molecule has 0 amide bonds. The zero-order valence-electron chi connectivity index (χ0n) is 12.4. The third kappa shape index (κ3) is 4.11. The maximum atomic E-state index is 5.65. The lowest BCUT2D eigenvalue weighted by Gasteiger charge is -2.15. The van der Waals surface area contributed by atoms with Gasteiger partial charge in [-0.05, 0) is 60.5 Å². The van der Waals surface area contributed by atoms with E-state index in [-0.39, 0.29) is 0 Å². The highest BCUT2D eigenvalue weighted by Crippen LogP contribution is 2.32. The molecular formula is C16H19BrN2O2. The number of rotatable bonds is 6. The van der Waals surface area contributed by atoms with E-state index in [1.807, 2.05) is 45.0 Å². The summed E-state index contributed by atoms with van der Waals surface area (Å²) >= 11 is 3.42. The quantitative estimate of drug-likeness (QED) is 0.820. The summed E-state index contributed by atoms with van der Waals surface area (Å²) in [4.78, 5) is 4.40. The molecule has 0 unspecified atom stereocenters. The minimum atomic E-state index is 0.607. The van der Waals surface area contributed by atoms with Crippen LogP contribution in [0.4, 0.5) is 11.5 Å². The van der Waals surface area contributed by atoms with Gasteiger partial charge in [-0.15, -0.1) is 0 Å². The Kier molecular flexibility index (Phi) is 5.44. The van der Waals surface area contributed by atoms with E-state index < -0.39 is 0 Å². The minimum absolute atomic E-state index is 0.607.